The summed E-state index contributed by atoms with van der Waals surface area (Å²) in [5.74, 6) is 0.0603. The van der Waals surface area contributed by atoms with Gasteiger partial charge in [-0.2, -0.15) is 0 Å². The summed E-state index contributed by atoms with van der Waals surface area (Å²) >= 11 is 5.87. The number of unbranched alkanes of at least 4 members (excludes halogenated alkanes) is 1. The number of amides is 1. The first kappa shape index (κ1) is 18.5. The number of halogens is 1. The summed E-state index contributed by atoms with van der Waals surface area (Å²) in [4.78, 5) is 26.3. The first-order chi connectivity index (χ1) is 12.6. The van der Waals surface area contributed by atoms with Crippen molar-refractivity contribution in [3.8, 4) is 0 Å². The molecule has 26 heavy (non-hydrogen) atoms. The van der Waals surface area contributed by atoms with Crippen LogP contribution < -0.4 is 10.9 Å². The average molecular weight is 371 g/mol. The highest BCUT2D eigenvalue weighted by Crippen LogP contribution is 2.25. The summed E-state index contributed by atoms with van der Waals surface area (Å²) in [6.07, 6.45) is 6.70. The SMILES string of the molecule is CCCCc1ccc(/C(=C/[C@H]2CCC(=O)N2)c2ccc(Cl)c(=O)[nH]2)cc1. The van der Waals surface area contributed by atoms with Crippen molar-refractivity contribution in [3.63, 3.8) is 0 Å². The lowest BCUT2D eigenvalue weighted by Crippen LogP contribution is -2.23. The molecule has 4 nitrogen and oxygen atoms in total. The number of H-pyrrole nitrogens is 1. The third-order valence-corrected chi connectivity index (χ3v) is 4.93. The molecule has 2 aromatic rings. The number of pyridine rings is 1. The maximum atomic E-state index is 12.0. The molecule has 3 rings (SSSR count). The number of aromatic amines is 1. The van der Waals surface area contributed by atoms with Crippen molar-refractivity contribution in [1.82, 2.24) is 10.3 Å². The lowest BCUT2D eigenvalue weighted by atomic mass is 9.97. The molecule has 0 unspecified atom stereocenters. The van der Waals surface area contributed by atoms with Crippen LogP contribution >= 0.6 is 11.6 Å². The molecule has 1 aromatic heterocycles. The van der Waals surface area contributed by atoms with Gasteiger partial charge in [-0.15, -0.1) is 0 Å². The summed E-state index contributed by atoms with van der Waals surface area (Å²) in [5.41, 5.74) is 3.58. The van der Waals surface area contributed by atoms with Crippen molar-refractivity contribution in [2.24, 2.45) is 0 Å². The molecule has 5 heteroatoms. The molecule has 1 fully saturated rings. The Morgan fingerprint density at radius 2 is 1.96 bits per heavy atom. The van der Waals surface area contributed by atoms with E-state index < -0.39 is 0 Å². The fraction of sp³-hybridized carbons (Fsp3) is 0.333. The molecule has 1 aliphatic rings. The van der Waals surface area contributed by atoms with Crippen LogP contribution in [-0.2, 0) is 11.2 Å². The van der Waals surface area contributed by atoms with Crippen LogP contribution in [0.5, 0.6) is 0 Å². The van der Waals surface area contributed by atoms with Crippen LogP contribution in [0.2, 0.25) is 5.02 Å². The zero-order chi connectivity index (χ0) is 18.5. The third kappa shape index (κ3) is 4.44. The van der Waals surface area contributed by atoms with Crippen molar-refractivity contribution < 1.29 is 4.79 Å². The Hall–Kier alpha value is -2.33. The smallest absolute Gasteiger partial charge is 0.267 e. The van der Waals surface area contributed by atoms with Crippen LogP contribution in [0, 0.1) is 0 Å². The Kier molecular flexibility index (Phi) is 5.94. The van der Waals surface area contributed by atoms with Crippen molar-refractivity contribution in [3.05, 3.63) is 74.7 Å². The predicted molar refractivity (Wildman–Crippen MR) is 105 cm³/mol. The minimum Gasteiger partial charge on any atom is -0.350 e. The van der Waals surface area contributed by atoms with Crippen LogP contribution in [-0.4, -0.2) is 16.9 Å². The first-order valence-electron chi connectivity index (χ1n) is 9.06. The Bertz CT molecular complexity index is 868. The topological polar surface area (TPSA) is 62.0 Å². The van der Waals surface area contributed by atoms with E-state index in [-0.39, 0.29) is 22.5 Å². The van der Waals surface area contributed by atoms with E-state index in [1.165, 1.54) is 18.4 Å². The maximum Gasteiger partial charge on any atom is 0.267 e. The lowest BCUT2D eigenvalue weighted by Gasteiger charge is -2.13. The van der Waals surface area contributed by atoms with Crippen LogP contribution in [0.1, 0.15) is 49.4 Å². The number of hydrogen-bond donors (Lipinski definition) is 2. The number of carbonyl (C=O) groups is 1. The van der Waals surface area contributed by atoms with Crippen LogP contribution in [0.3, 0.4) is 0 Å². The van der Waals surface area contributed by atoms with E-state index in [4.69, 9.17) is 11.6 Å². The summed E-state index contributed by atoms with van der Waals surface area (Å²) in [7, 11) is 0. The number of benzene rings is 1. The van der Waals surface area contributed by atoms with Crippen LogP contribution in [0.15, 0.2) is 47.3 Å². The fourth-order valence-electron chi connectivity index (χ4n) is 3.15. The highest BCUT2D eigenvalue weighted by Gasteiger charge is 2.20. The molecule has 136 valence electrons. The largest absolute Gasteiger partial charge is 0.350 e. The molecule has 0 aliphatic carbocycles. The molecule has 1 aromatic carbocycles. The van der Waals surface area contributed by atoms with Crippen molar-refractivity contribution in [1.29, 1.82) is 0 Å². The minimum atomic E-state index is -0.315. The summed E-state index contributed by atoms with van der Waals surface area (Å²) in [6.45, 7) is 2.18. The molecule has 0 spiro atoms. The van der Waals surface area contributed by atoms with E-state index in [0.717, 1.165) is 24.0 Å². The van der Waals surface area contributed by atoms with E-state index in [1.54, 1.807) is 12.1 Å². The van der Waals surface area contributed by atoms with E-state index in [9.17, 15) is 9.59 Å². The molecule has 0 bridgehead atoms. The number of aromatic nitrogens is 1. The summed E-state index contributed by atoms with van der Waals surface area (Å²) in [5, 5.41) is 3.12. The van der Waals surface area contributed by atoms with E-state index in [0.29, 0.717) is 12.1 Å². The summed E-state index contributed by atoms with van der Waals surface area (Å²) in [6, 6.07) is 11.8. The lowest BCUT2D eigenvalue weighted by molar-refractivity contribution is -0.119. The molecule has 0 radical (unpaired) electrons. The molecule has 0 saturated carbocycles. The molecular formula is C21H23ClN2O2. The molecule has 1 saturated heterocycles. The van der Waals surface area contributed by atoms with E-state index in [1.807, 2.05) is 6.08 Å². The average Bonchev–Trinajstić information content (AvgIpc) is 3.06. The quantitative estimate of drug-likeness (QED) is 0.804. The highest BCUT2D eigenvalue weighted by molar-refractivity contribution is 6.30. The van der Waals surface area contributed by atoms with Crippen LogP contribution in [0.4, 0.5) is 0 Å². The van der Waals surface area contributed by atoms with Crippen LogP contribution in [0.25, 0.3) is 5.57 Å². The van der Waals surface area contributed by atoms with Gasteiger partial charge in [0, 0.05) is 23.7 Å². The van der Waals surface area contributed by atoms with Gasteiger partial charge in [-0.3, -0.25) is 9.59 Å². The Balaban J connectivity index is 1.97. The second kappa shape index (κ2) is 8.37. The van der Waals surface area contributed by atoms with Gasteiger partial charge in [-0.1, -0.05) is 55.3 Å². The van der Waals surface area contributed by atoms with Gasteiger partial charge >= 0.3 is 0 Å². The number of nitrogens with one attached hydrogen (secondary N) is 2. The summed E-state index contributed by atoms with van der Waals surface area (Å²) < 4.78 is 0. The van der Waals surface area contributed by atoms with Crippen molar-refractivity contribution in [2.75, 3.05) is 0 Å². The van der Waals surface area contributed by atoms with Crippen molar-refractivity contribution >= 4 is 23.1 Å². The zero-order valence-corrected chi connectivity index (χ0v) is 15.6. The third-order valence-electron chi connectivity index (χ3n) is 4.63. The van der Waals surface area contributed by atoms with Gasteiger partial charge in [0.05, 0.1) is 0 Å². The monoisotopic (exact) mass is 370 g/mol. The second-order valence-corrected chi connectivity index (χ2v) is 7.05. The second-order valence-electron chi connectivity index (χ2n) is 6.64. The number of carbonyl (C=O) groups excluding carboxylic acids is 1. The number of aryl methyl sites for hydroxylation is 1. The van der Waals surface area contributed by atoms with E-state index >= 15 is 0 Å². The molecular weight excluding hydrogens is 348 g/mol. The molecule has 1 atom stereocenters. The normalized spacial score (nSPS) is 17.4. The molecule has 1 amide bonds. The van der Waals surface area contributed by atoms with Gasteiger partial charge in [-0.05, 0) is 42.5 Å². The number of rotatable bonds is 6. The van der Waals surface area contributed by atoms with E-state index in [2.05, 4.69) is 41.5 Å². The van der Waals surface area contributed by atoms with Gasteiger partial charge in [0.2, 0.25) is 5.91 Å². The van der Waals surface area contributed by atoms with Gasteiger partial charge in [-0.25, -0.2) is 0 Å². The zero-order valence-electron chi connectivity index (χ0n) is 14.8. The van der Waals surface area contributed by atoms with Gasteiger partial charge < -0.3 is 10.3 Å². The van der Waals surface area contributed by atoms with Crippen molar-refractivity contribution in [2.45, 2.75) is 45.1 Å². The fourth-order valence-corrected chi connectivity index (χ4v) is 3.26. The predicted octanol–water partition coefficient (Wildman–Crippen LogP) is 4.08. The van der Waals surface area contributed by atoms with Gasteiger partial charge in [0.25, 0.3) is 5.56 Å². The minimum absolute atomic E-state index is 0.0311. The molecule has 2 heterocycles. The number of hydrogen-bond acceptors (Lipinski definition) is 2. The standard InChI is InChI=1S/C21H23ClN2O2/c1-2-3-4-14-5-7-15(8-6-14)17(13-16-9-12-20(25)23-16)19-11-10-18(22)21(26)24-19/h5-8,10-11,13,16H,2-4,9,12H2,1H3,(H,23,25)(H,24,26)/b17-13-/t16-/m1/s1. The molecule has 1 aliphatic heterocycles. The van der Waals surface area contributed by atoms with Gasteiger partial charge in [0.1, 0.15) is 5.02 Å². The Morgan fingerprint density at radius 3 is 2.58 bits per heavy atom. The first-order valence-corrected chi connectivity index (χ1v) is 9.44. The maximum absolute atomic E-state index is 12.0. The molecule has 2 N–H and O–H groups in total. The Morgan fingerprint density at radius 1 is 1.19 bits per heavy atom. The van der Waals surface area contributed by atoms with Gasteiger partial charge in [0.15, 0.2) is 0 Å². The highest BCUT2D eigenvalue weighted by atomic mass is 35.5. The Labute approximate surface area is 158 Å².